The molecular weight excluding hydrogens is 362 g/mol. The molecule has 3 fully saturated rings. The summed E-state index contributed by atoms with van der Waals surface area (Å²) in [6.07, 6.45) is 4.47. The molecule has 0 radical (unpaired) electrons. The van der Waals surface area contributed by atoms with Gasteiger partial charge in [0.15, 0.2) is 0 Å². The molecule has 2 bridgehead atoms. The van der Waals surface area contributed by atoms with Crippen LogP contribution < -0.4 is 10.6 Å². The molecule has 1 aromatic rings. The number of benzene rings is 1. The summed E-state index contributed by atoms with van der Waals surface area (Å²) < 4.78 is 0. The minimum absolute atomic E-state index is 0. The fraction of sp³-hybridized carbons (Fsp3) is 0.619. The monoisotopic (exact) mass is 391 g/mol. The fourth-order valence-electron chi connectivity index (χ4n) is 5.21. The fourth-order valence-corrected chi connectivity index (χ4v) is 5.21. The summed E-state index contributed by atoms with van der Waals surface area (Å²) in [5.41, 5.74) is 1.13. The first kappa shape index (κ1) is 20.2. The van der Waals surface area contributed by atoms with E-state index < -0.39 is 0 Å². The van der Waals surface area contributed by atoms with Crippen LogP contribution in [0.2, 0.25) is 0 Å². The van der Waals surface area contributed by atoms with E-state index in [1.54, 1.807) is 0 Å². The summed E-state index contributed by atoms with van der Waals surface area (Å²) in [5.74, 6) is 0.914. The standard InChI is InChI=1S/C21H29N3O2.ClH/c1-2-17(14-7-4-3-5-8-14)23-21(26)20-16-11-15(12-22-13-16)18-9-6-10-19(25)24(18)20;/h3-5,7-8,15-18,20,22H,2,6,9-13H2,1H3,(H,23,26);1H/t15-,16+,17+,18+,20-;/m1./s1. The van der Waals surface area contributed by atoms with Gasteiger partial charge in [-0.3, -0.25) is 9.59 Å². The summed E-state index contributed by atoms with van der Waals surface area (Å²) in [6.45, 7) is 3.89. The summed E-state index contributed by atoms with van der Waals surface area (Å²) in [5, 5.41) is 6.75. The largest absolute Gasteiger partial charge is 0.348 e. The lowest BCUT2D eigenvalue weighted by Crippen LogP contribution is -2.68. The Kier molecular flexibility index (Phi) is 6.43. The van der Waals surface area contributed by atoms with Gasteiger partial charge in [-0.2, -0.15) is 0 Å². The highest BCUT2D eigenvalue weighted by Gasteiger charge is 2.50. The number of hydrogen-bond donors (Lipinski definition) is 2. The zero-order valence-corrected chi connectivity index (χ0v) is 16.7. The smallest absolute Gasteiger partial charge is 0.243 e. The van der Waals surface area contributed by atoms with Crippen LogP contribution in [-0.4, -0.2) is 41.9 Å². The lowest BCUT2D eigenvalue weighted by molar-refractivity contribution is -0.157. The van der Waals surface area contributed by atoms with E-state index in [9.17, 15) is 9.59 Å². The first-order valence-corrected chi connectivity index (χ1v) is 10.1. The molecule has 3 heterocycles. The zero-order chi connectivity index (χ0) is 18.1. The Morgan fingerprint density at radius 3 is 2.74 bits per heavy atom. The van der Waals surface area contributed by atoms with Crippen molar-refractivity contribution in [2.45, 2.75) is 57.2 Å². The number of carbonyl (C=O) groups is 2. The van der Waals surface area contributed by atoms with E-state index in [0.717, 1.165) is 44.3 Å². The second-order valence-corrected chi connectivity index (χ2v) is 8.00. The predicted octanol–water partition coefficient (Wildman–Crippen LogP) is 2.66. The number of hydrogen-bond acceptors (Lipinski definition) is 3. The molecule has 0 unspecified atom stereocenters. The molecule has 0 aliphatic carbocycles. The SMILES string of the molecule is CC[C@H](NC(=O)[C@H]1[C@@H]2CNC[C@@H](C2)[C@@H]2CCCC(=O)N21)c1ccccc1.Cl. The first-order chi connectivity index (χ1) is 12.7. The van der Waals surface area contributed by atoms with Crippen LogP contribution in [0.15, 0.2) is 30.3 Å². The predicted molar refractivity (Wildman–Crippen MR) is 108 cm³/mol. The number of rotatable bonds is 4. The van der Waals surface area contributed by atoms with E-state index in [4.69, 9.17) is 0 Å². The average molecular weight is 392 g/mol. The Labute approximate surface area is 167 Å². The van der Waals surface area contributed by atoms with Crippen LogP contribution in [0.1, 0.15) is 50.6 Å². The van der Waals surface area contributed by atoms with Gasteiger partial charge in [0.2, 0.25) is 11.8 Å². The van der Waals surface area contributed by atoms with Crippen molar-refractivity contribution in [3.8, 4) is 0 Å². The van der Waals surface area contributed by atoms with Crippen molar-refractivity contribution < 1.29 is 9.59 Å². The van der Waals surface area contributed by atoms with Gasteiger partial charge in [0.25, 0.3) is 0 Å². The van der Waals surface area contributed by atoms with E-state index in [1.807, 2.05) is 23.1 Å². The maximum absolute atomic E-state index is 13.3. The maximum atomic E-state index is 13.3. The zero-order valence-electron chi connectivity index (χ0n) is 15.9. The van der Waals surface area contributed by atoms with Crippen LogP contribution in [-0.2, 0) is 9.59 Å². The van der Waals surface area contributed by atoms with Crippen molar-refractivity contribution in [1.29, 1.82) is 0 Å². The molecule has 5 nitrogen and oxygen atoms in total. The Balaban J connectivity index is 0.00000210. The van der Waals surface area contributed by atoms with Gasteiger partial charge in [0, 0.05) is 24.9 Å². The minimum atomic E-state index is -0.324. The van der Waals surface area contributed by atoms with Gasteiger partial charge in [-0.1, -0.05) is 37.3 Å². The number of nitrogens with one attached hydrogen (secondary N) is 2. The molecule has 3 saturated heterocycles. The summed E-state index contributed by atoms with van der Waals surface area (Å²) in [6, 6.07) is 10.0. The third kappa shape index (κ3) is 3.85. The molecule has 0 saturated carbocycles. The lowest BCUT2D eigenvalue weighted by atomic mass is 9.72. The molecule has 1 aromatic carbocycles. The van der Waals surface area contributed by atoms with E-state index >= 15 is 0 Å². The second-order valence-electron chi connectivity index (χ2n) is 8.00. The van der Waals surface area contributed by atoms with Gasteiger partial charge in [0.1, 0.15) is 6.04 Å². The molecule has 3 aliphatic rings. The van der Waals surface area contributed by atoms with Gasteiger partial charge in [0.05, 0.1) is 6.04 Å². The van der Waals surface area contributed by atoms with Gasteiger partial charge in [-0.05, 0) is 43.7 Å². The Bertz CT molecular complexity index is 669. The highest BCUT2D eigenvalue weighted by atomic mass is 35.5. The Morgan fingerprint density at radius 2 is 2.00 bits per heavy atom. The van der Waals surface area contributed by atoms with Crippen LogP contribution in [0.4, 0.5) is 0 Å². The molecule has 6 heteroatoms. The van der Waals surface area contributed by atoms with Gasteiger partial charge < -0.3 is 15.5 Å². The molecule has 3 aliphatic heterocycles. The molecule has 27 heavy (non-hydrogen) atoms. The average Bonchev–Trinajstić information content (AvgIpc) is 2.68. The van der Waals surface area contributed by atoms with Crippen LogP contribution in [0, 0.1) is 11.8 Å². The molecule has 5 atom stereocenters. The summed E-state index contributed by atoms with van der Waals surface area (Å²) >= 11 is 0. The number of fused-ring (bicyclic) bond motifs is 4. The lowest BCUT2D eigenvalue weighted by Gasteiger charge is -2.54. The highest BCUT2D eigenvalue weighted by molar-refractivity contribution is 5.89. The first-order valence-electron chi connectivity index (χ1n) is 10.1. The molecule has 148 valence electrons. The van der Waals surface area contributed by atoms with Gasteiger partial charge >= 0.3 is 0 Å². The van der Waals surface area contributed by atoms with Crippen LogP contribution in [0.25, 0.3) is 0 Å². The summed E-state index contributed by atoms with van der Waals surface area (Å²) in [4.78, 5) is 28.0. The maximum Gasteiger partial charge on any atom is 0.243 e. The molecule has 2 amide bonds. The van der Waals surface area contributed by atoms with Crippen LogP contribution in [0.5, 0.6) is 0 Å². The van der Waals surface area contributed by atoms with Crippen LogP contribution in [0.3, 0.4) is 0 Å². The Morgan fingerprint density at radius 1 is 1.26 bits per heavy atom. The third-order valence-electron chi connectivity index (χ3n) is 6.44. The number of halogens is 1. The molecule has 0 spiro atoms. The molecular formula is C21H30ClN3O2. The van der Waals surface area contributed by atoms with Crippen molar-refractivity contribution >= 4 is 24.2 Å². The van der Waals surface area contributed by atoms with Crippen molar-refractivity contribution in [1.82, 2.24) is 15.5 Å². The second kappa shape index (κ2) is 8.61. The summed E-state index contributed by atoms with van der Waals surface area (Å²) in [7, 11) is 0. The van der Waals surface area contributed by atoms with Crippen LogP contribution >= 0.6 is 12.4 Å². The minimum Gasteiger partial charge on any atom is -0.348 e. The number of piperidine rings is 3. The van der Waals surface area contributed by atoms with E-state index in [-0.39, 0.29) is 48.3 Å². The third-order valence-corrected chi connectivity index (χ3v) is 6.44. The van der Waals surface area contributed by atoms with E-state index in [1.165, 1.54) is 0 Å². The molecule has 4 rings (SSSR count). The topological polar surface area (TPSA) is 61.4 Å². The normalized spacial score (nSPS) is 30.7. The number of carbonyl (C=O) groups excluding carboxylic acids is 2. The van der Waals surface area contributed by atoms with E-state index in [0.29, 0.717) is 12.3 Å². The van der Waals surface area contributed by atoms with Crippen molar-refractivity contribution in [2.75, 3.05) is 13.1 Å². The van der Waals surface area contributed by atoms with E-state index in [2.05, 4.69) is 29.7 Å². The van der Waals surface area contributed by atoms with Crippen molar-refractivity contribution in [2.24, 2.45) is 11.8 Å². The van der Waals surface area contributed by atoms with Gasteiger partial charge in [-0.25, -0.2) is 0 Å². The van der Waals surface area contributed by atoms with Crippen molar-refractivity contribution in [3.05, 3.63) is 35.9 Å². The number of amides is 2. The Hall–Kier alpha value is -1.59. The van der Waals surface area contributed by atoms with Gasteiger partial charge in [-0.15, -0.1) is 12.4 Å². The number of nitrogens with zero attached hydrogens (tertiary/aromatic N) is 1. The van der Waals surface area contributed by atoms with Crippen molar-refractivity contribution in [3.63, 3.8) is 0 Å². The molecule has 0 aromatic heterocycles. The highest BCUT2D eigenvalue weighted by Crippen LogP contribution is 2.39. The molecule has 2 N–H and O–H groups in total. The quantitative estimate of drug-likeness (QED) is 0.829.